The molecule has 1 rings (SSSR count). The van der Waals surface area contributed by atoms with E-state index in [1.165, 1.54) is 0 Å². The van der Waals surface area contributed by atoms with Crippen LogP contribution in [0.1, 0.15) is 53.4 Å². The Labute approximate surface area is 150 Å². The van der Waals surface area contributed by atoms with E-state index >= 15 is 0 Å². The predicted molar refractivity (Wildman–Crippen MR) is 98.9 cm³/mol. The summed E-state index contributed by atoms with van der Waals surface area (Å²) >= 11 is 0. The van der Waals surface area contributed by atoms with E-state index in [-0.39, 0.29) is 18.4 Å². The minimum absolute atomic E-state index is 0.256. The molecule has 1 aromatic carbocycles. The van der Waals surface area contributed by atoms with E-state index in [2.05, 4.69) is 17.6 Å². The van der Waals surface area contributed by atoms with Crippen molar-refractivity contribution in [3.05, 3.63) is 24.3 Å². The quantitative estimate of drug-likeness (QED) is 0.519. The van der Waals surface area contributed by atoms with Crippen LogP contribution in [-0.4, -0.2) is 30.8 Å². The first-order valence-electron chi connectivity index (χ1n) is 8.79. The fourth-order valence-corrected chi connectivity index (χ4v) is 1.97. The molecule has 0 bridgehead atoms. The van der Waals surface area contributed by atoms with E-state index in [4.69, 9.17) is 9.47 Å². The SMILES string of the molecule is CCCCOc1ccc(NC(=O)NCCCC(=O)OC(C)(C)C)cc1. The van der Waals surface area contributed by atoms with E-state index in [1.54, 1.807) is 12.1 Å². The molecule has 0 heterocycles. The normalized spacial score (nSPS) is 10.9. The molecule has 0 aliphatic rings. The molecule has 6 heteroatoms. The number of rotatable bonds is 9. The van der Waals surface area contributed by atoms with Crippen LogP contribution in [0.5, 0.6) is 5.75 Å². The Hall–Kier alpha value is -2.24. The molecule has 0 atom stereocenters. The molecule has 0 aliphatic heterocycles. The average molecular weight is 350 g/mol. The third kappa shape index (κ3) is 10.3. The Kier molecular flexibility index (Phi) is 8.81. The van der Waals surface area contributed by atoms with Crippen molar-refractivity contribution in [2.75, 3.05) is 18.5 Å². The van der Waals surface area contributed by atoms with E-state index in [9.17, 15) is 9.59 Å². The van der Waals surface area contributed by atoms with Gasteiger partial charge in [-0.05, 0) is 57.9 Å². The second-order valence-electron chi connectivity index (χ2n) is 6.80. The van der Waals surface area contributed by atoms with E-state index < -0.39 is 5.60 Å². The summed E-state index contributed by atoms with van der Waals surface area (Å²) in [5.41, 5.74) is 0.210. The molecule has 0 radical (unpaired) electrons. The summed E-state index contributed by atoms with van der Waals surface area (Å²) in [6, 6.07) is 6.94. The Bertz CT molecular complexity index is 535. The zero-order valence-corrected chi connectivity index (χ0v) is 15.7. The summed E-state index contributed by atoms with van der Waals surface area (Å²) in [4.78, 5) is 23.4. The summed E-state index contributed by atoms with van der Waals surface area (Å²) in [7, 11) is 0. The summed E-state index contributed by atoms with van der Waals surface area (Å²) in [6.45, 7) is 8.71. The molecule has 0 saturated carbocycles. The Morgan fingerprint density at radius 2 is 1.76 bits per heavy atom. The highest BCUT2D eigenvalue weighted by molar-refractivity contribution is 5.89. The van der Waals surface area contributed by atoms with Gasteiger partial charge in [0, 0.05) is 18.7 Å². The Balaban J connectivity index is 2.22. The zero-order valence-electron chi connectivity index (χ0n) is 15.7. The lowest BCUT2D eigenvalue weighted by atomic mass is 10.2. The van der Waals surface area contributed by atoms with Gasteiger partial charge in [-0.25, -0.2) is 4.79 Å². The van der Waals surface area contributed by atoms with Crippen molar-refractivity contribution >= 4 is 17.7 Å². The van der Waals surface area contributed by atoms with Gasteiger partial charge in [0.05, 0.1) is 6.61 Å². The van der Waals surface area contributed by atoms with Crippen molar-refractivity contribution < 1.29 is 19.1 Å². The van der Waals surface area contributed by atoms with Crippen molar-refractivity contribution in [1.82, 2.24) is 5.32 Å². The lowest BCUT2D eigenvalue weighted by molar-refractivity contribution is -0.154. The largest absolute Gasteiger partial charge is 0.494 e. The molecule has 0 unspecified atom stereocenters. The van der Waals surface area contributed by atoms with Crippen molar-refractivity contribution in [3.63, 3.8) is 0 Å². The topological polar surface area (TPSA) is 76.7 Å². The molecule has 0 spiro atoms. The fourth-order valence-electron chi connectivity index (χ4n) is 1.97. The third-order valence-corrected chi connectivity index (χ3v) is 3.14. The minimum atomic E-state index is -0.478. The number of carbonyl (C=O) groups is 2. The summed E-state index contributed by atoms with van der Waals surface area (Å²) in [5.74, 6) is 0.533. The van der Waals surface area contributed by atoms with E-state index in [0.717, 1.165) is 18.6 Å². The van der Waals surface area contributed by atoms with Crippen LogP contribution in [0.2, 0.25) is 0 Å². The number of benzene rings is 1. The molecule has 25 heavy (non-hydrogen) atoms. The number of anilines is 1. The van der Waals surface area contributed by atoms with Gasteiger partial charge in [-0.2, -0.15) is 0 Å². The predicted octanol–water partition coefficient (Wildman–Crippen LogP) is 4.11. The van der Waals surface area contributed by atoms with E-state index in [1.807, 2.05) is 32.9 Å². The number of nitrogens with one attached hydrogen (secondary N) is 2. The Morgan fingerprint density at radius 1 is 1.08 bits per heavy atom. The number of esters is 1. The second kappa shape index (κ2) is 10.6. The molecule has 0 aromatic heterocycles. The molecule has 0 fully saturated rings. The van der Waals surface area contributed by atoms with Gasteiger partial charge in [-0.15, -0.1) is 0 Å². The van der Waals surface area contributed by atoms with Gasteiger partial charge in [0.25, 0.3) is 0 Å². The molecule has 0 saturated heterocycles. The summed E-state index contributed by atoms with van der Waals surface area (Å²) in [5, 5.41) is 5.46. The Morgan fingerprint density at radius 3 is 2.36 bits per heavy atom. The van der Waals surface area contributed by atoms with Crippen LogP contribution in [0.25, 0.3) is 0 Å². The summed E-state index contributed by atoms with van der Waals surface area (Å²) < 4.78 is 10.8. The highest BCUT2D eigenvalue weighted by Gasteiger charge is 2.15. The molecule has 140 valence electrons. The fraction of sp³-hybridized carbons (Fsp3) is 0.579. The van der Waals surface area contributed by atoms with Crippen LogP contribution >= 0.6 is 0 Å². The van der Waals surface area contributed by atoms with Crippen LogP contribution < -0.4 is 15.4 Å². The van der Waals surface area contributed by atoms with Crippen LogP contribution in [0.15, 0.2) is 24.3 Å². The molecular weight excluding hydrogens is 320 g/mol. The van der Waals surface area contributed by atoms with Crippen molar-refractivity contribution in [3.8, 4) is 5.75 Å². The molecule has 6 nitrogen and oxygen atoms in total. The average Bonchev–Trinajstić information content (AvgIpc) is 2.52. The number of ether oxygens (including phenoxy) is 2. The molecule has 2 N–H and O–H groups in total. The van der Waals surface area contributed by atoms with Crippen LogP contribution in [-0.2, 0) is 9.53 Å². The van der Waals surface area contributed by atoms with Crippen molar-refractivity contribution in [2.45, 2.75) is 59.0 Å². The molecule has 1 aromatic rings. The van der Waals surface area contributed by atoms with Crippen LogP contribution in [0.4, 0.5) is 10.5 Å². The number of carbonyl (C=O) groups excluding carboxylic acids is 2. The van der Waals surface area contributed by atoms with Gasteiger partial charge in [0.15, 0.2) is 0 Å². The standard InChI is InChI=1S/C19H30N2O4/c1-5-6-14-24-16-11-9-15(10-12-16)21-18(23)20-13-7-8-17(22)25-19(2,3)4/h9-12H,5-8,13-14H2,1-4H3,(H2,20,21,23). The highest BCUT2D eigenvalue weighted by Crippen LogP contribution is 2.16. The number of urea groups is 1. The third-order valence-electron chi connectivity index (χ3n) is 3.14. The van der Waals surface area contributed by atoms with Gasteiger partial charge >= 0.3 is 12.0 Å². The minimum Gasteiger partial charge on any atom is -0.494 e. The van der Waals surface area contributed by atoms with Gasteiger partial charge in [0.2, 0.25) is 0 Å². The smallest absolute Gasteiger partial charge is 0.319 e. The van der Waals surface area contributed by atoms with Crippen LogP contribution in [0.3, 0.4) is 0 Å². The number of amides is 2. The molecule has 0 aliphatic carbocycles. The van der Waals surface area contributed by atoms with Crippen molar-refractivity contribution in [2.24, 2.45) is 0 Å². The van der Waals surface area contributed by atoms with E-state index in [0.29, 0.717) is 25.3 Å². The van der Waals surface area contributed by atoms with Gasteiger partial charge in [-0.1, -0.05) is 13.3 Å². The zero-order chi connectivity index (χ0) is 18.7. The lowest BCUT2D eigenvalue weighted by Crippen LogP contribution is -2.30. The maximum absolute atomic E-state index is 11.8. The lowest BCUT2D eigenvalue weighted by Gasteiger charge is -2.19. The first-order valence-corrected chi connectivity index (χ1v) is 8.79. The number of hydrogen-bond acceptors (Lipinski definition) is 4. The van der Waals surface area contributed by atoms with Gasteiger partial charge < -0.3 is 20.1 Å². The van der Waals surface area contributed by atoms with Gasteiger partial charge in [-0.3, -0.25) is 4.79 Å². The molecular formula is C19H30N2O4. The monoisotopic (exact) mass is 350 g/mol. The maximum atomic E-state index is 11.8. The second-order valence-corrected chi connectivity index (χ2v) is 6.80. The van der Waals surface area contributed by atoms with Gasteiger partial charge in [0.1, 0.15) is 11.4 Å². The first kappa shape index (κ1) is 20.8. The molecule has 2 amide bonds. The van der Waals surface area contributed by atoms with Crippen molar-refractivity contribution in [1.29, 1.82) is 0 Å². The first-order chi connectivity index (χ1) is 11.8. The highest BCUT2D eigenvalue weighted by atomic mass is 16.6. The number of unbranched alkanes of at least 4 members (excludes halogenated alkanes) is 1. The van der Waals surface area contributed by atoms with Crippen LogP contribution in [0, 0.1) is 0 Å². The number of hydrogen-bond donors (Lipinski definition) is 2. The maximum Gasteiger partial charge on any atom is 0.319 e. The summed E-state index contributed by atoms with van der Waals surface area (Å²) in [6.07, 6.45) is 2.92.